The van der Waals surface area contributed by atoms with Gasteiger partial charge in [-0.05, 0) is 35.4 Å². The molecular weight excluding hydrogens is 234 g/mol. The molecule has 84 valence electrons. The molecular formula is C10H8ClNO4. The summed E-state index contributed by atoms with van der Waals surface area (Å²) in [6, 6.07) is 4.25. The van der Waals surface area contributed by atoms with Crippen molar-refractivity contribution in [2.45, 2.75) is 0 Å². The van der Waals surface area contributed by atoms with Crippen LogP contribution < -0.4 is 4.74 Å². The van der Waals surface area contributed by atoms with E-state index in [4.69, 9.17) is 16.3 Å². The van der Waals surface area contributed by atoms with Gasteiger partial charge in [-0.2, -0.15) is 0 Å². The lowest BCUT2D eigenvalue weighted by Crippen LogP contribution is -1.93. The quantitative estimate of drug-likeness (QED) is 0.351. The van der Waals surface area contributed by atoms with Crippen LogP contribution in [0.2, 0.25) is 0 Å². The van der Waals surface area contributed by atoms with Gasteiger partial charge in [0.05, 0.1) is 12.0 Å². The summed E-state index contributed by atoms with van der Waals surface area (Å²) in [5.41, 5.74) is 0.466. The molecule has 1 aromatic rings. The van der Waals surface area contributed by atoms with Gasteiger partial charge in [0, 0.05) is 6.07 Å². The van der Waals surface area contributed by atoms with Crippen LogP contribution in [0, 0.1) is 10.1 Å². The molecule has 1 rings (SSSR count). The van der Waals surface area contributed by atoms with Gasteiger partial charge in [0.2, 0.25) is 5.24 Å². The number of hydrogen-bond acceptors (Lipinski definition) is 4. The zero-order valence-electron chi connectivity index (χ0n) is 8.34. The van der Waals surface area contributed by atoms with Gasteiger partial charge >= 0.3 is 5.69 Å². The highest BCUT2D eigenvalue weighted by molar-refractivity contribution is 6.66. The molecule has 0 N–H and O–H groups in total. The molecule has 0 saturated heterocycles. The van der Waals surface area contributed by atoms with E-state index in [1.54, 1.807) is 0 Å². The van der Waals surface area contributed by atoms with Crippen LogP contribution >= 0.6 is 11.6 Å². The van der Waals surface area contributed by atoms with Crippen LogP contribution in [-0.2, 0) is 4.79 Å². The lowest BCUT2D eigenvalue weighted by molar-refractivity contribution is -0.385. The molecule has 0 aliphatic rings. The van der Waals surface area contributed by atoms with Crippen LogP contribution in [-0.4, -0.2) is 17.3 Å². The molecule has 0 unspecified atom stereocenters. The Morgan fingerprint density at radius 1 is 1.56 bits per heavy atom. The first-order valence-electron chi connectivity index (χ1n) is 4.24. The van der Waals surface area contributed by atoms with Gasteiger partial charge < -0.3 is 4.74 Å². The second kappa shape index (κ2) is 5.27. The van der Waals surface area contributed by atoms with Crippen LogP contribution in [0.25, 0.3) is 6.08 Å². The fraction of sp³-hybridized carbons (Fsp3) is 0.100. The molecule has 0 aliphatic heterocycles. The molecule has 0 radical (unpaired) electrons. The summed E-state index contributed by atoms with van der Waals surface area (Å²) in [6.07, 6.45) is 2.60. The molecule has 0 amide bonds. The molecule has 5 nitrogen and oxygen atoms in total. The molecule has 1 aromatic carbocycles. The third kappa shape index (κ3) is 3.06. The Balaban J connectivity index is 3.09. The molecule has 0 aliphatic carbocycles. The number of nitro benzene ring substituents is 1. The van der Waals surface area contributed by atoms with Crippen LogP contribution in [0.3, 0.4) is 0 Å². The Morgan fingerprint density at radius 2 is 2.25 bits per heavy atom. The predicted octanol–water partition coefficient (Wildman–Crippen LogP) is 2.38. The number of nitrogens with zero attached hydrogens (tertiary/aromatic N) is 1. The molecule has 0 aromatic heterocycles. The molecule has 0 fully saturated rings. The lowest BCUT2D eigenvalue weighted by atomic mass is 10.2. The normalized spacial score (nSPS) is 10.4. The van der Waals surface area contributed by atoms with E-state index in [1.165, 1.54) is 31.4 Å². The zero-order chi connectivity index (χ0) is 12.1. The molecule has 0 atom stereocenters. The van der Waals surface area contributed by atoms with Crippen molar-refractivity contribution in [1.29, 1.82) is 0 Å². The van der Waals surface area contributed by atoms with Crippen molar-refractivity contribution in [3.05, 3.63) is 40.0 Å². The van der Waals surface area contributed by atoms with E-state index in [2.05, 4.69) is 0 Å². The highest BCUT2D eigenvalue weighted by atomic mass is 35.5. The number of allylic oxidation sites excluding steroid dienone is 1. The minimum atomic E-state index is -0.614. The van der Waals surface area contributed by atoms with Crippen LogP contribution in [0.4, 0.5) is 5.69 Å². The number of halogens is 1. The maximum Gasteiger partial charge on any atom is 0.310 e. The summed E-state index contributed by atoms with van der Waals surface area (Å²) in [4.78, 5) is 20.5. The van der Waals surface area contributed by atoms with Crippen molar-refractivity contribution >= 4 is 28.6 Å². The van der Waals surface area contributed by atoms with E-state index in [-0.39, 0.29) is 11.4 Å². The molecule has 0 spiro atoms. The summed E-state index contributed by atoms with van der Waals surface area (Å²) in [5.74, 6) is 0.133. The number of nitro groups is 1. The SMILES string of the molecule is COc1cc(C=CC(=O)Cl)ccc1[N+](=O)[O-]. The number of carbonyl (C=O) groups excluding carboxylic acids is 1. The van der Waals surface area contributed by atoms with Crippen molar-refractivity contribution in [2.24, 2.45) is 0 Å². The third-order valence-corrected chi connectivity index (χ3v) is 1.93. The number of benzene rings is 1. The van der Waals surface area contributed by atoms with Crippen LogP contribution in [0.5, 0.6) is 5.75 Å². The lowest BCUT2D eigenvalue weighted by Gasteiger charge is -2.02. The fourth-order valence-corrected chi connectivity index (χ4v) is 1.17. The average molecular weight is 242 g/mol. The van der Waals surface area contributed by atoms with Crippen molar-refractivity contribution in [3.63, 3.8) is 0 Å². The topological polar surface area (TPSA) is 69.4 Å². The van der Waals surface area contributed by atoms with Gasteiger partial charge in [0.1, 0.15) is 0 Å². The minimum Gasteiger partial charge on any atom is -0.490 e. The Labute approximate surface area is 96.4 Å². The summed E-state index contributed by atoms with van der Waals surface area (Å²) in [5, 5.41) is 9.98. The summed E-state index contributed by atoms with van der Waals surface area (Å²) in [6.45, 7) is 0. The summed E-state index contributed by atoms with van der Waals surface area (Å²) < 4.78 is 4.86. The maximum atomic E-state index is 10.6. The fourth-order valence-electron chi connectivity index (χ4n) is 1.11. The number of methoxy groups -OCH3 is 1. The second-order valence-electron chi connectivity index (χ2n) is 2.83. The standard InChI is InChI=1S/C10H8ClNO4/c1-16-9-6-7(3-5-10(11)13)2-4-8(9)12(14)15/h2-6H,1H3. The maximum absolute atomic E-state index is 10.6. The van der Waals surface area contributed by atoms with E-state index in [1.807, 2.05) is 0 Å². The van der Waals surface area contributed by atoms with Gasteiger partial charge in [-0.1, -0.05) is 6.08 Å². The number of carbonyl (C=O) groups is 1. The first-order valence-corrected chi connectivity index (χ1v) is 4.62. The number of ether oxygens (including phenoxy) is 1. The first kappa shape index (κ1) is 12.2. The van der Waals surface area contributed by atoms with Gasteiger partial charge in [0.25, 0.3) is 0 Å². The van der Waals surface area contributed by atoms with E-state index >= 15 is 0 Å². The largest absolute Gasteiger partial charge is 0.490 e. The van der Waals surface area contributed by atoms with Gasteiger partial charge in [-0.25, -0.2) is 0 Å². The van der Waals surface area contributed by atoms with Gasteiger partial charge in [-0.3, -0.25) is 14.9 Å². The van der Waals surface area contributed by atoms with Crippen molar-refractivity contribution in [2.75, 3.05) is 7.11 Å². The van der Waals surface area contributed by atoms with E-state index in [0.717, 1.165) is 6.08 Å². The predicted molar refractivity (Wildman–Crippen MR) is 59.5 cm³/mol. The second-order valence-corrected chi connectivity index (χ2v) is 3.20. The molecule has 0 heterocycles. The Bertz CT molecular complexity index is 456. The summed E-state index contributed by atoms with van der Waals surface area (Å²) >= 11 is 5.12. The Morgan fingerprint density at radius 3 is 2.75 bits per heavy atom. The Hall–Kier alpha value is -1.88. The zero-order valence-corrected chi connectivity index (χ0v) is 9.10. The minimum absolute atomic E-state index is 0.128. The average Bonchev–Trinajstić information content (AvgIpc) is 2.25. The highest BCUT2D eigenvalue weighted by Gasteiger charge is 2.13. The van der Waals surface area contributed by atoms with Crippen molar-refractivity contribution in [3.8, 4) is 5.75 Å². The van der Waals surface area contributed by atoms with Crippen molar-refractivity contribution < 1.29 is 14.5 Å². The van der Waals surface area contributed by atoms with Crippen molar-refractivity contribution in [1.82, 2.24) is 0 Å². The molecule has 0 saturated carbocycles. The number of rotatable bonds is 4. The summed E-state index contributed by atoms with van der Waals surface area (Å²) in [7, 11) is 1.34. The first-order chi connectivity index (χ1) is 7.54. The van der Waals surface area contributed by atoms with E-state index < -0.39 is 10.2 Å². The third-order valence-electron chi connectivity index (χ3n) is 1.81. The van der Waals surface area contributed by atoms with Crippen LogP contribution in [0.1, 0.15) is 5.56 Å². The monoisotopic (exact) mass is 241 g/mol. The molecule has 6 heteroatoms. The van der Waals surface area contributed by atoms with Gasteiger partial charge in [-0.15, -0.1) is 0 Å². The molecule has 0 bridgehead atoms. The smallest absolute Gasteiger partial charge is 0.310 e. The highest BCUT2D eigenvalue weighted by Crippen LogP contribution is 2.27. The van der Waals surface area contributed by atoms with E-state index in [0.29, 0.717) is 5.56 Å². The van der Waals surface area contributed by atoms with Gasteiger partial charge in [0.15, 0.2) is 5.75 Å². The number of hydrogen-bond donors (Lipinski definition) is 0. The van der Waals surface area contributed by atoms with Crippen LogP contribution in [0.15, 0.2) is 24.3 Å². The molecule has 16 heavy (non-hydrogen) atoms. The van der Waals surface area contributed by atoms with E-state index in [9.17, 15) is 14.9 Å². The Kier molecular flexibility index (Phi) is 4.02.